The van der Waals surface area contributed by atoms with Crippen molar-refractivity contribution in [3.05, 3.63) is 23.5 Å². The van der Waals surface area contributed by atoms with Crippen LogP contribution in [0.15, 0.2) is 18.3 Å². The number of nitrogens with zero attached hydrogens (tertiary/aromatic N) is 1. The van der Waals surface area contributed by atoms with Gasteiger partial charge < -0.3 is 11.1 Å². The largest absolute Gasteiger partial charge is 0.327 e. The SMILES string of the molecule is NC1CCCCC1C(=O)Nc1ccc(Cl)nc1. The van der Waals surface area contributed by atoms with Gasteiger partial charge in [0.25, 0.3) is 0 Å². The van der Waals surface area contributed by atoms with Crippen LogP contribution in [0.1, 0.15) is 25.7 Å². The lowest BCUT2D eigenvalue weighted by molar-refractivity contribution is -0.121. The highest BCUT2D eigenvalue weighted by molar-refractivity contribution is 6.29. The minimum atomic E-state index is -0.0839. The van der Waals surface area contributed by atoms with Crippen molar-refractivity contribution in [2.24, 2.45) is 11.7 Å². The molecular formula is C12H16ClN3O. The first-order chi connectivity index (χ1) is 8.16. The van der Waals surface area contributed by atoms with Crippen molar-refractivity contribution in [3.63, 3.8) is 0 Å². The van der Waals surface area contributed by atoms with Crippen LogP contribution >= 0.6 is 11.6 Å². The van der Waals surface area contributed by atoms with Crippen LogP contribution in [0.2, 0.25) is 5.15 Å². The van der Waals surface area contributed by atoms with E-state index in [0.717, 1.165) is 25.7 Å². The number of pyridine rings is 1. The molecule has 1 heterocycles. The Bertz CT molecular complexity index is 393. The quantitative estimate of drug-likeness (QED) is 0.794. The third kappa shape index (κ3) is 3.17. The molecule has 1 saturated carbocycles. The van der Waals surface area contributed by atoms with Gasteiger partial charge in [-0.15, -0.1) is 0 Å². The van der Waals surface area contributed by atoms with Gasteiger partial charge in [-0.1, -0.05) is 24.4 Å². The van der Waals surface area contributed by atoms with Crippen LogP contribution in [0.5, 0.6) is 0 Å². The van der Waals surface area contributed by atoms with E-state index in [9.17, 15) is 4.79 Å². The number of aromatic nitrogens is 1. The molecule has 1 aromatic heterocycles. The Morgan fingerprint density at radius 2 is 2.18 bits per heavy atom. The van der Waals surface area contributed by atoms with E-state index < -0.39 is 0 Å². The molecule has 1 aromatic rings. The molecule has 0 saturated heterocycles. The monoisotopic (exact) mass is 253 g/mol. The Balaban J connectivity index is 1.98. The van der Waals surface area contributed by atoms with Gasteiger partial charge in [0, 0.05) is 6.04 Å². The highest BCUT2D eigenvalue weighted by atomic mass is 35.5. The lowest BCUT2D eigenvalue weighted by Crippen LogP contribution is -2.40. The summed E-state index contributed by atoms with van der Waals surface area (Å²) >= 11 is 5.68. The lowest BCUT2D eigenvalue weighted by Gasteiger charge is -2.27. The minimum absolute atomic E-state index is 0.0127. The fourth-order valence-corrected chi connectivity index (χ4v) is 2.28. The maximum absolute atomic E-state index is 12.0. The van der Waals surface area contributed by atoms with Crippen molar-refractivity contribution in [2.75, 3.05) is 5.32 Å². The zero-order valence-corrected chi connectivity index (χ0v) is 10.3. The molecule has 0 bridgehead atoms. The fourth-order valence-electron chi connectivity index (χ4n) is 2.17. The Hall–Kier alpha value is -1.13. The highest BCUT2D eigenvalue weighted by Gasteiger charge is 2.28. The number of halogens is 1. The van der Waals surface area contributed by atoms with Gasteiger partial charge in [-0.05, 0) is 25.0 Å². The molecule has 3 N–H and O–H groups in total. The molecular weight excluding hydrogens is 238 g/mol. The third-order valence-corrected chi connectivity index (χ3v) is 3.37. The van der Waals surface area contributed by atoms with Crippen molar-refractivity contribution >= 4 is 23.2 Å². The van der Waals surface area contributed by atoms with Crippen molar-refractivity contribution in [1.29, 1.82) is 0 Å². The van der Waals surface area contributed by atoms with Crippen LogP contribution in [-0.4, -0.2) is 16.9 Å². The summed E-state index contributed by atoms with van der Waals surface area (Å²) in [6.45, 7) is 0. The van der Waals surface area contributed by atoms with Crippen molar-refractivity contribution in [2.45, 2.75) is 31.7 Å². The number of nitrogens with two attached hydrogens (primary N) is 1. The summed E-state index contributed by atoms with van der Waals surface area (Å²) < 4.78 is 0. The normalized spacial score (nSPS) is 24.4. The maximum Gasteiger partial charge on any atom is 0.229 e. The number of carbonyl (C=O) groups is 1. The molecule has 4 nitrogen and oxygen atoms in total. The average molecular weight is 254 g/mol. The number of amides is 1. The second kappa shape index (κ2) is 5.47. The number of carbonyl (C=O) groups excluding carboxylic acids is 1. The Morgan fingerprint density at radius 1 is 1.41 bits per heavy atom. The molecule has 17 heavy (non-hydrogen) atoms. The van der Waals surface area contributed by atoms with E-state index in [1.807, 2.05) is 0 Å². The first-order valence-electron chi connectivity index (χ1n) is 5.85. The van der Waals surface area contributed by atoms with Crippen LogP contribution in [0.3, 0.4) is 0 Å². The maximum atomic E-state index is 12.0. The van der Waals surface area contributed by atoms with E-state index in [0.29, 0.717) is 10.8 Å². The van der Waals surface area contributed by atoms with Gasteiger partial charge in [-0.25, -0.2) is 4.98 Å². The average Bonchev–Trinajstić information content (AvgIpc) is 2.32. The van der Waals surface area contributed by atoms with E-state index in [4.69, 9.17) is 17.3 Å². The van der Waals surface area contributed by atoms with Crippen LogP contribution in [-0.2, 0) is 4.79 Å². The smallest absolute Gasteiger partial charge is 0.229 e. The summed E-state index contributed by atoms with van der Waals surface area (Å²) in [7, 11) is 0. The van der Waals surface area contributed by atoms with Gasteiger partial charge in [-0.2, -0.15) is 0 Å². The molecule has 1 aliphatic carbocycles. The van der Waals surface area contributed by atoms with Crippen LogP contribution in [0, 0.1) is 5.92 Å². The van der Waals surface area contributed by atoms with Gasteiger partial charge in [0.1, 0.15) is 5.15 Å². The van der Waals surface area contributed by atoms with Crippen LogP contribution in [0.4, 0.5) is 5.69 Å². The molecule has 1 amide bonds. The van der Waals surface area contributed by atoms with E-state index in [1.165, 1.54) is 0 Å². The van der Waals surface area contributed by atoms with Crippen LogP contribution < -0.4 is 11.1 Å². The van der Waals surface area contributed by atoms with Crippen molar-refractivity contribution < 1.29 is 4.79 Å². The van der Waals surface area contributed by atoms with Gasteiger partial charge in [0.15, 0.2) is 0 Å². The molecule has 5 heteroatoms. The first-order valence-corrected chi connectivity index (χ1v) is 6.22. The zero-order chi connectivity index (χ0) is 12.3. The molecule has 0 aliphatic heterocycles. The number of hydrogen-bond donors (Lipinski definition) is 2. The van der Waals surface area contributed by atoms with Gasteiger partial charge in [-0.3, -0.25) is 4.79 Å². The summed E-state index contributed by atoms with van der Waals surface area (Å²) in [4.78, 5) is 15.9. The number of anilines is 1. The molecule has 0 aromatic carbocycles. The second-order valence-corrected chi connectivity index (χ2v) is 4.80. The topological polar surface area (TPSA) is 68.0 Å². The van der Waals surface area contributed by atoms with Gasteiger partial charge in [0.05, 0.1) is 17.8 Å². The fraction of sp³-hybridized carbons (Fsp3) is 0.500. The highest BCUT2D eigenvalue weighted by Crippen LogP contribution is 2.24. The van der Waals surface area contributed by atoms with Crippen molar-refractivity contribution in [1.82, 2.24) is 4.98 Å². The number of rotatable bonds is 2. The molecule has 0 radical (unpaired) electrons. The zero-order valence-electron chi connectivity index (χ0n) is 9.53. The Morgan fingerprint density at radius 3 is 2.82 bits per heavy atom. The van der Waals surface area contributed by atoms with Gasteiger partial charge >= 0.3 is 0 Å². The summed E-state index contributed by atoms with van der Waals surface area (Å²) in [5.74, 6) is -0.0965. The second-order valence-electron chi connectivity index (χ2n) is 4.41. The van der Waals surface area contributed by atoms with Crippen molar-refractivity contribution in [3.8, 4) is 0 Å². The summed E-state index contributed by atoms with van der Waals surface area (Å²) in [6, 6.07) is 3.36. The minimum Gasteiger partial charge on any atom is -0.327 e. The molecule has 92 valence electrons. The number of hydrogen-bond acceptors (Lipinski definition) is 3. The van der Waals surface area contributed by atoms with E-state index in [2.05, 4.69) is 10.3 Å². The predicted molar refractivity (Wildman–Crippen MR) is 67.8 cm³/mol. The molecule has 2 unspecified atom stereocenters. The first kappa shape index (κ1) is 12.3. The summed E-state index contributed by atoms with van der Waals surface area (Å²) in [5.41, 5.74) is 6.62. The molecule has 0 spiro atoms. The molecule has 2 atom stereocenters. The molecule has 2 rings (SSSR count). The lowest BCUT2D eigenvalue weighted by atomic mass is 9.84. The van der Waals surface area contributed by atoms with E-state index in [1.54, 1.807) is 18.3 Å². The number of nitrogens with one attached hydrogen (secondary N) is 1. The predicted octanol–water partition coefficient (Wildman–Crippen LogP) is 2.19. The van der Waals surface area contributed by atoms with E-state index in [-0.39, 0.29) is 17.9 Å². The third-order valence-electron chi connectivity index (χ3n) is 3.15. The Labute approximate surface area is 106 Å². The molecule has 1 fully saturated rings. The van der Waals surface area contributed by atoms with Crippen LogP contribution in [0.25, 0.3) is 0 Å². The standard InChI is InChI=1S/C12H16ClN3O/c13-11-6-5-8(7-15-11)16-12(17)9-3-1-2-4-10(9)14/h5-7,9-10H,1-4,14H2,(H,16,17). The Kier molecular flexibility index (Phi) is 3.97. The van der Waals surface area contributed by atoms with Gasteiger partial charge in [0.2, 0.25) is 5.91 Å². The summed E-state index contributed by atoms with van der Waals surface area (Å²) in [5, 5.41) is 3.24. The van der Waals surface area contributed by atoms with E-state index >= 15 is 0 Å². The molecule has 1 aliphatic rings. The summed E-state index contributed by atoms with van der Waals surface area (Å²) in [6.07, 6.45) is 5.54.